The first-order valence-electron chi connectivity index (χ1n) is 8.32. The molecular weight excluding hydrogens is 340 g/mol. The summed E-state index contributed by atoms with van der Waals surface area (Å²) in [6, 6.07) is 4.71. The quantitative estimate of drug-likeness (QED) is 0.262. The minimum atomic E-state index is -1.03. The van der Waals surface area contributed by atoms with Crippen molar-refractivity contribution >= 4 is 23.5 Å². The minimum Gasteiger partial charge on any atom is -0.459 e. The lowest BCUT2D eigenvalue weighted by atomic mass is 9.85. The number of imide groups is 1. The van der Waals surface area contributed by atoms with E-state index in [1.807, 2.05) is 12.2 Å². The Morgan fingerprint density at radius 2 is 1.88 bits per heavy atom. The molecule has 0 spiro atoms. The molecule has 0 saturated carbocycles. The number of hydrogen-bond acceptors (Lipinski definition) is 6. The van der Waals surface area contributed by atoms with Crippen LogP contribution in [0.2, 0.25) is 0 Å². The van der Waals surface area contributed by atoms with Crippen molar-refractivity contribution in [1.29, 1.82) is 0 Å². The van der Waals surface area contributed by atoms with Gasteiger partial charge in [-0.3, -0.25) is 24.6 Å². The molecule has 3 atom stereocenters. The molecule has 8 nitrogen and oxygen atoms in total. The smallest absolute Gasteiger partial charge is 0.329 e. The predicted molar refractivity (Wildman–Crippen MR) is 89.6 cm³/mol. The highest BCUT2D eigenvalue weighted by Gasteiger charge is 2.50. The number of allylic oxidation sites excluding steroid dienone is 2. The lowest BCUT2D eigenvalue weighted by Gasteiger charge is -2.21. The Morgan fingerprint density at radius 1 is 1.27 bits per heavy atom. The summed E-state index contributed by atoms with van der Waals surface area (Å²) in [6.07, 6.45) is 4.75. The van der Waals surface area contributed by atoms with Gasteiger partial charge in [0.05, 0.1) is 16.8 Å². The summed E-state index contributed by atoms with van der Waals surface area (Å²) in [4.78, 5) is 48.5. The predicted octanol–water partition coefficient (Wildman–Crippen LogP) is 1.98. The summed E-state index contributed by atoms with van der Waals surface area (Å²) >= 11 is 0. The lowest BCUT2D eigenvalue weighted by Crippen LogP contribution is -2.44. The fourth-order valence-corrected chi connectivity index (χ4v) is 3.35. The number of carbonyl (C=O) groups excluding carboxylic acids is 3. The molecule has 1 aliphatic carbocycles. The van der Waals surface area contributed by atoms with Crippen LogP contribution in [-0.2, 0) is 25.7 Å². The van der Waals surface area contributed by atoms with Crippen LogP contribution < -0.4 is 0 Å². The Balaban J connectivity index is 1.65. The van der Waals surface area contributed by atoms with Crippen LogP contribution in [-0.4, -0.2) is 33.6 Å². The first-order chi connectivity index (χ1) is 12.4. The van der Waals surface area contributed by atoms with Crippen molar-refractivity contribution in [3.63, 3.8) is 0 Å². The Morgan fingerprint density at radius 3 is 2.46 bits per heavy atom. The van der Waals surface area contributed by atoms with E-state index in [1.54, 1.807) is 6.07 Å². The molecule has 1 aromatic carbocycles. The van der Waals surface area contributed by atoms with Crippen LogP contribution in [0, 0.1) is 22.0 Å². The molecule has 1 aliphatic heterocycles. The zero-order chi connectivity index (χ0) is 18.8. The van der Waals surface area contributed by atoms with Gasteiger partial charge in [0.25, 0.3) is 5.69 Å². The van der Waals surface area contributed by atoms with Crippen molar-refractivity contribution in [3.05, 3.63) is 52.1 Å². The molecule has 26 heavy (non-hydrogen) atoms. The van der Waals surface area contributed by atoms with E-state index in [4.69, 9.17) is 4.74 Å². The number of fused-ring (bicyclic) bond motifs is 1. The molecule has 0 bridgehead atoms. The Hall–Kier alpha value is -3.03. The fourth-order valence-electron chi connectivity index (χ4n) is 3.35. The van der Waals surface area contributed by atoms with Gasteiger partial charge < -0.3 is 4.74 Å². The molecule has 3 rings (SSSR count). The SMILES string of the molecule is C[C@H](C(=O)OCc1cccc([N+](=O)[O-])c1)N1C(=O)[C@H]2CC=CC[C@@H]2C1=O. The molecule has 1 saturated heterocycles. The van der Waals surface area contributed by atoms with E-state index in [1.165, 1.54) is 25.1 Å². The first-order valence-corrected chi connectivity index (χ1v) is 8.32. The highest BCUT2D eigenvalue weighted by atomic mass is 16.6. The third-order valence-electron chi connectivity index (χ3n) is 4.77. The van der Waals surface area contributed by atoms with Crippen LogP contribution in [0.4, 0.5) is 5.69 Å². The standard InChI is InChI=1S/C18H18N2O6/c1-11(19-16(21)14-7-2-3-8-15(14)17(19)22)18(23)26-10-12-5-4-6-13(9-12)20(24)25/h2-6,9,11,14-15H,7-8,10H2,1H3/t11-,14+,15+/m1/s1. The number of nitro benzene ring substituents is 1. The number of ether oxygens (including phenoxy) is 1. The number of nitro groups is 1. The van der Waals surface area contributed by atoms with E-state index in [-0.39, 0.29) is 24.1 Å². The number of likely N-dealkylation sites (tertiary alicyclic amines) is 1. The molecule has 0 radical (unpaired) electrons. The molecule has 8 heteroatoms. The molecule has 0 aromatic heterocycles. The van der Waals surface area contributed by atoms with Gasteiger partial charge in [-0.15, -0.1) is 0 Å². The van der Waals surface area contributed by atoms with Crippen LogP contribution in [0.1, 0.15) is 25.3 Å². The van der Waals surface area contributed by atoms with Gasteiger partial charge in [0, 0.05) is 12.1 Å². The highest BCUT2D eigenvalue weighted by molar-refractivity contribution is 6.08. The number of nitrogens with zero attached hydrogens (tertiary/aromatic N) is 2. The van der Waals surface area contributed by atoms with Crippen LogP contribution in [0.25, 0.3) is 0 Å². The van der Waals surface area contributed by atoms with Crippen LogP contribution in [0.15, 0.2) is 36.4 Å². The maximum Gasteiger partial charge on any atom is 0.329 e. The summed E-state index contributed by atoms with van der Waals surface area (Å²) in [5.41, 5.74) is 0.352. The molecule has 0 N–H and O–H groups in total. The fraction of sp³-hybridized carbons (Fsp3) is 0.389. The van der Waals surface area contributed by atoms with Gasteiger partial charge >= 0.3 is 5.97 Å². The Labute approximate surface area is 149 Å². The van der Waals surface area contributed by atoms with E-state index in [2.05, 4.69) is 0 Å². The Bertz CT molecular complexity index is 777. The monoisotopic (exact) mass is 358 g/mol. The molecular formula is C18H18N2O6. The second-order valence-electron chi connectivity index (χ2n) is 6.41. The van der Waals surface area contributed by atoms with Crippen molar-refractivity contribution < 1.29 is 24.0 Å². The van der Waals surface area contributed by atoms with E-state index < -0.39 is 28.8 Å². The summed E-state index contributed by atoms with van der Waals surface area (Å²) in [7, 11) is 0. The normalized spacial score (nSPS) is 22.9. The van der Waals surface area contributed by atoms with Gasteiger partial charge in [-0.05, 0) is 25.3 Å². The van der Waals surface area contributed by atoms with Crippen molar-refractivity contribution in [1.82, 2.24) is 4.90 Å². The zero-order valence-electron chi connectivity index (χ0n) is 14.2. The summed E-state index contributed by atoms with van der Waals surface area (Å²) in [5.74, 6) is -2.21. The molecule has 1 aromatic rings. The summed E-state index contributed by atoms with van der Waals surface area (Å²) in [6.45, 7) is 1.28. The van der Waals surface area contributed by atoms with Crippen molar-refractivity contribution in [3.8, 4) is 0 Å². The van der Waals surface area contributed by atoms with Crippen molar-refractivity contribution in [2.45, 2.75) is 32.4 Å². The number of rotatable bonds is 5. The maximum absolute atomic E-state index is 12.5. The number of non-ortho nitro benzene ring substituents is 1. The summed E-state index contributed by atoms with van der Waals surface area (Å²) < 4.78 is 5.16. The van der Waals surface area contributed by atoms with Gasteiger partial charge in [-0.2, -0.15) is 0 Å². The highest BCUT2D eigenvalue weighted by Crippen LogP contribution is 2.36. The third kappa shape index (κ3) is 3.22. The van der Waals surface area contributed by atoms with Gasteiger partial charge in [-0.1, -0.05) is 24.3 Å². The van der Waals surface area contributed by atoms with Gasteiger partial charge in [-0.25, -0.2) is 4.79 Å². The van der Waals surface area contributed by atoms with Gasteiger partial charge in [0.1, 0.15) is 12.6 Å². The van der Waals surface area contributed by atoms with E-state index in [0.717, 1.165) is 4.90 Å². The largest absolute Gasteiger partial charge is 0.459 e. The van der Waals surface area contributed by atoms with Gasteiger partial charge in [0.15, 0.2) is 0 Å². The number of carbonyl (C=O) groups is 3. The maximum atomic E-state index is 12.5. The second kappa shape index (κ2) is 7.07. The molecule has 136 valence electrons. The average Bonchev–Trinajstić information content (AvgIpc) is 2.90. The average molecular weight is 358 g/mol. The van der Waals surface area contributed by atoms with E-state index in [9.17, 15) is 24.5 Å². The second-order valence-corrected chi connectivity index (χ2v) is 6.41. The minimum absolute atomic E-state index is 0.104. The van der Waals surface area contributed by atoms with Crippen LogP contribution in [0.5, 0.6) is 0 Å². The number of benzene rings is 1. The lowest BCUT2D eigenvalue weighted by molar-refractivity contribution is -0.384. The number of amides is 2. The van der Waals surface area contributed by atoms with Crippen LogP contribution in [0.3, 0.4) is 0 Å². The van der Waals surface area contributed by atoms with Gasteiger partial charge in [0.2, 0.25) is 11.8 Å². The molecule has 1 fully saturated rings. The molecule has 2 aliphatic rings. The first kappa shape index (κ1) is 17.8. The molecule has 1 heterocycles. The number of hydrogen-bond donors (Lipinski definition) is 0. The molecule has 0 unspecified atom stereocenters. The van der Waals surface area contributed by atoms with Crippen molar-refractivity contribution in [2.75, 3.05) is 0 Å². The molecule has 2 amide bonds. The zero-order valence-corrected chi connectivity index (χ0v) is 14.2. The van der Waals surface area contributed by atoms with E-state index >= 15 is 0 Å². The van der Waals surface area contributed by atoms with Crippen LogP contribution >= 0.6 is 0 Å². The third-order valence-corrected chi connectivity index (χ3v) is 4.77. The Kier molecular flexibility index (Phi) is 4.83. The topological polar surface area (TPSA) is 107 Å². The summed E-state index contributed by atoms with van der Waals surface area (Å²) in [5, 5.41) is 10.8. The van der Waals surface area contributed by atoms with E-state index in [0.29, 0.717) is 18.4 Å². The number of esters is 1. The van der Waals surface area contributed by atoms with Crippen molar-refractivity contribution in [2.24, 2.45) is 11.8 Å².